The fourth-order valence-electron chi connectivity index (χ4n) is 6.29. The van der Waals surface area contributed by atoms with Crippen LogP contribution in [0.2, 0.25) is 0 Å². The molecule has 2 aliphatic heterocycles. The average Bonchev–Trinajstić information content (AvgIpc) is 3.81. The first kappa shape index (κ1) is 40.7. The number of hydrogen-bond donors (Lipinski definition) is 7. The Morgan fingerprint density at radius 2 is 1.35 bits per heavy atom. The van der Waals surface area contributed by atoms with Crippen molar-refractivity contribution in [2.75, 3.05) is 66.4 Å². The number of amides is 3. The number of carbonyl (C=O) groups excluding carboxylic acids is 3. The van der Waals surface area contributed by atoms with Gasteiger partial charge in [0.05, 0.1) is 23.8 Å². The first-order chi connectivity index (χ1) is 27.4. The number of primary amides is 2. The van der Waals surface area contributed by atoms with E-state index in [-0.39, 0.29) is 29.2 Å². The predicted molar refractivity (Wildman–Crippen MR) is 224 cm³/mol. The lowest BCUT2D eigenvalue weighted by Crippen LogP contribution is -2.45. The number of aryl methyl sites for hydroxylation is 2. The molecule has 0 aliphatic carbocycles. The molecule has 0 spiro atoms. The third-order valence-electron chi connectivity index (χ3n) is 9.09. The highest BCUT2D eigenvalue weighted by Crippen LogP contribution is 2.26. The van der Waals surface area contributed by atoms with E-state index in [0.717, 1.165) is 65.9 Å². The van der Waals surface area contributed by atoms with E-state index in [1.54, 1.807) is 0 Å². The molecule has 2 aliphatic rings. The zero-order valence-corrected chi connectivity index (χ0v) is 33.8. The van der Waals surface area contributed by atoms with Gasteiger partial charge >= 0.3 is 0 Å². The monoisotopic (exact) mass is 813 g/mol. The molecule has 2 atom stereocenters. The lowest BCUT2D eigenvalue weighted by atomic mass is 10.0. The molecule has 20 heteroatoms. The molecular formula is C37H47N15O3S2. The van der Waals surface area contributed by atoms with Crippen molar-refractivity contribution in [1.29, 1.82) is 0 Å². The van der Waals surface area contributed by atoms with Crippen LogP contribution < -0.4 is 43.0 Å². The molecular weight excluding hydrogens is 767 g/mol. The van der Waals surface area contributed by atoms with Crippen molar-refractivity contribution < 1.29 is 14.4 Å². The smallest absolute Gasteiger partial charge is 0.271 e. The molecule has 1 aromatic carbocycles. The van der Waals surface area contributed by atoms with Gasteiger partial charge in [-0.3, -0.25) is 14.4 Å². The minimum atomic E-state index is -0.669. The Kier molecular flexibility index (Phi) is 13.4. The minimum absolute atomic E-state index is 0.00553. The standard InChI is InChI=1S/C23H28N8O2S.C14H19N7OS/c1-14-11-19(34-29-14)28-22-20(21(24)32)25-12-18(27-22)26-16-5-4-10-31(13-16)23(33)15-6-8-17(9-7-15)30(2)3;1-8-5-11(23-21-8)20-14-12(13(15)22)17-7-10(19-14)18-9-3-2-4-16-6-9/h6-9,11-12,16H,4-5,10,13H2,1-3H3,(H2,24,32)(H2,26,27,28);5,7,9,16H,2-4,6H2,1H3,(H2,15,22)(H2,18,19,20)/t16-;9-/m00/s1. The van der Waals surface area contributed by atoms with Gasteiger partial charge in [-0.1, -0.05) is 0 Å². The van der Waals surface area contributed by atoms with Gasteiger partial charge in [-0.05, 0) is 106 Å². The summed E-state index contributed by atoms with van der Waals surface area (Å²) >= 11 is 2.56. The maximum Gasteiger partial charge on any atom is 0.271 e. The maximum atomic E-state index is 13.0. The SMILES string of the molecule is Cc1cc(Nc2nc(N[C@H]3CCCN(C(=O)c4ccc(N(C)C)cc4)C3)cnc2C(N)=O)sn1.Cc1cc(Nc2nc(N[C@H]3CCCNC3)cnc2C(N)=O)sn1. The van der Waals surface area contributed by atoms with Crippen LogP contribution >= 0.6 is 23.1 Å². The van der Waals surface area contributed by atoms with Gasteiger partial charge in [0.25, 0.3) is 17.7 Å². The molecule has 57 heavy (non-hydrogen) atoms. The van der Waals surface area contributed by atoms with Gasteiger partial charge in [0.2, 0.25) is 0 Å². The quantitative estimate of drug-likeness (QED) is 0.0937. The first-order valence-corrected chi connectivity index (χ1v) is 20.0. The Balaban J connectivity index is 0.000000208. The minimum Gasteiger partial charge on any atom is -0.378 e. The highest BCUT2D eigenvalue weighted by Gasteiger charge is 2.26. The fourth-order valence-corrected chi connectivity index (χ4v) is 7.61. The lowest BCUT2D eigenvalue weighted by molar-refractivity contribution is 0.0714. The zero-order chi connectivity index (χ0) is 40.5. The third-order valence-corrected chi connectivity index (χ3v) is 10.7. The summed E-state index contributed by atoms with van der Waals surface area (Å²) in [6, 6.07) is 11.7. The van der Waals surface area contributed by atoms with Gasteiger partial charge in [0.15, 0.2) is 23.0 Å². The molecule has 5 aromatic rings. The van der Waals surface area contributed by atoms with E-state index >= 15 is 0 Å². The molecule has 4 aromatic heterocycles. The molecule has 2 fully saturated rings. The summed E-state index contributed by atoms with van der Waals surface area (Å²) in [5.41, 5.74) is 14.5. The number of nitrogens with two attached hydrogens (primary N) is 2. The zero-order valence-electron chi connectivity index (χ0n) is 32.2. The second-order valence-electron chi connectivity index (χ2n) is 13.9. The number of benzene rings is 1. The molecule has 6 heterocycles. The van der Waals surface area contributed by atoms with Crippen LogP contribution in [0.3, 0.4) is 0 Å². The number of likely N-dealkylation sites (tertiary alicyclic amines) is 1. The van der Waals surface area contributed by atoms with E-state index in [1.165, 1.54) is 35.5 Å². The summed E-state index contributed by atoms with van der Waals surface area (Å²) in [6.07, 6.45) is 6.98. The highest BCUT2D eigenvalue weighted by molar-refractivity contribution is 7.10. The van der Waals surface area contributed by atoms with E-state index in [2.05, 4.69) is 55.3 Å². The molecule has 2 saturated heterocycles. The number of piperidine rings is 2. The van der Waals surface area contributed by atoms with Crippen molar-refractivity contribution in [3.63, 3.8) is 0 Å². The van der Waals surface area contributed by atoms with Crippen molar-refractivity contribution in [3.8, 4) is 0 Å². The topological polar surface area (TPSA) is 247 Å². The Bertz CT molecular complexity index is 2170. The summed E-state index contributed by atoms with van der Waals surface area (Å²) in [4.78, 5) is 57.6. The van der Waals surface area contributed by atoms with Crippen molar-refractivity contribution in [3.05, 3.63) is 77.1 Å². The fraction of sp³-hybridized carbons (Fsp3) is 0.378. The summed E-state index contributed by atoms with van der Waals surface area (Å²) < 4.78 is 8.42. The molecule has 0 unspecified atom stereocenters. The average molecular weight is 814 g/mol. The van der Waals surface area contributed by atoms with Crippen LogP contribution in [0.15, 0.2) is 48.8 Å². The lowest BCUT2D eigenvalue weighted by Gasteiger charge is -2.33. The number of carbonyl (C=O) groups is 3. The van der Waals surface area contributed by atoms with Crippen molar-refractivity contribution in [2.45, 2.75) is 51.6 Å². The summed E-state index contributed by atoms with van der Waals surface area (Å²) in [6.45, 7) is 6.96. The van der Waals surface area contributed by atoms with Crippen molar-refractivity contribution >= 4 is 79.7 Å². The number of rotatable bonds is 12. The number of aromatic nitrogens is 6. The number of anilines is 7. The van der Waals surface area contributed by atoms with Gasteiger partial charge in [0, 0.05) is 57.1 Å². The van der Waals surface area contributed by atoms with Gasteiger partial charge in [-0.25, -0.2) is 19.9 Å². The summed E-state index contributed by atoms with van der Waals surface area (Å²) in [7, 11) is 3.94. The second-order valence-corrected chi connectivity index (χ2v) is 15.5. The van der Waals surface area contributed by atoms with Crippen LogP contribution in [0.25, 0.3) is 0 Å². The van der Waals surface area contributed by atoms with E-state index in [0.29, 0.717) is 42.1 Å². The van der Waals surface area contributed by atoms with E-state index in [4.69, 9.17) is 11.5 Å². The van der Waals surface area contributed by atoms with Crippen LogP contribution in [-0.2, 0) is 0 Å². The summed E-state index contributed by atoms with van der Waals surface area (Å²) in [5.74, 6) is 0.455. The van der Waals surface area contributed by atoms with Crippen LogP contribution in [0.4, 0.5) is 39.0 Å². The molecule has 0 radical (unpaired) electrons. The van der Waals surface area contributed by atoms with E-state index in [1.807, 2.05) is 74.1 Å². The van der Waals surface area contributed by atoms with Gasteiger partial charge < -0.3 is 47.9 Å². The number of nitrogens with one attached hydrogen (secondary N) is 5. The first-order valence-electron chi connectivity index (χ1n) is 18.5. The normalized spacial score (nSPS) is 16.5. The molecule has 0 bridgehead atoms. The maximum absolute atomic E-state index is 13.0. The molecule has 7 rings (SSSR count). The van der Waals surface area contributed by atoms with Crippen molar-refractivity contribution in [2.24, 2.45) is 11.5 Å². The second kappa shape index (κ2) is 18.8. The summed E-state index contributed by atoms with van der Waals surface area (Å²) in [5, 5.41) is 17.7. The molecule has 3 amide bonds. The van der Waals surface area contributed by atoms with E-state index in [9.17, 15) is 14.4 Å². The third kappa shape index (κ3) is 11.1. The number of hydrogen-bond acceptors (Lipinski definition) is 17. The van der Waals surface area contributed by atoms with Crippen LogP contribution in [0.1, 0.15) is 68.4 Å². The highest BCUT2D eigenvalue weighted by atomic mass is 32.1. The van der Waals surface area contributed by atoms with Crippen LogP contribution in [-0.4, -0.2) is 104 Å². The Hall–Kier alpha value is -5.99. The molecule has 18 nitrogen and oxygen atoms in total. The van der Waals surface area contributed by atoms with Gasteiger partial charge in [-0.15, -0.1) is 0 Å². The Morgan fingerprint density at radius 3 is 1.82 bits per heavy atom. The van der Waals surface area contributed by atoms with Crippen LogP contribution in [0.5, 0.6) is 0 Å². The van der Waals surface area contributed by atoms with Gasteiger partial charge in [0.1, 0.15) is 21.6 Å². The molecule has 9 N–H and O–H groups in total. The Morgan fingerprint density at radius 1 is 0.807 bits per heavy atom. The Labute approximate surface area is 338 Å². The molecule has 0 saturated carbocycles. The van der Waals surface area contributed by atoms with Gasteiger partial charge in [-0.2, -0.15) is 8.75 Å². The number of nitrogens with zero attached hydrogens (tertiary/aromatic N) is 8. The van der Waals surface area contributed by atoms with Crippen LogP contribution in [0, 0.1) is 13.8 Å². The van der Waals surface area contributed by atoms with E-state index < -0.39 is 11.8 Å². The van der Waals surface area contributed by atoms with Crippen molar-refractivity contribution in [1.82, 2.24) is 38.9 Å². The molecule has 300 valence electrons. The predicted octanol–water partition coefficient (Wildman–Crippen LogP) is 4.11. The largest absolute Gasteiger partial charge is 0.378 e.